The second-order valence-corrected chi connectivity index (χ2v) is 7.72. The molecule has 0 radical (unpaired) electrons. The van der Waals surface area contributed by atoms with Crippen molar-refractivity contribution >= 4 is 0 Å². The van der Waals surface area contributed by atoms with E-state index in [1.165, 1.54) is 83.7 Å². The normalized spacial score (nSPS) is 36.3. The van der Waals surface area contributed by atoms with Crippen molar-refractivity contribution < 1.29 is 0 Å². The van der Waals surface area contributed by atoms with E-state index in [-0.39, 0.29) is 0 Å². The summed E-state index contributed by atoms with van der Waals surface area (Å²) in [5.74, 6) is 0. The van der Waals surface area contributed by atoms with Gasteiger partial charge < -0.3 is 10.2 Å². The number of piperidine rings is 1. The van der Waals surface area contributed by atoms with Crippen LogP contribution in [-0.2, 0) is 0 Å². The molecule has 0 amide bonds. The number of nitrogens with zero attached hydrogens (tertiary/aromatic N) is 1. The zero-order valence-electron chi connectivity index (χ0n) is 12.4. The average molecular weight is 262 g/mol. The van der Waals surface area contributed by atoms with E-state index in [4.69, 9.17) is 0 Å². The molecule has 3 aliphatic carbocycles. The van der Waals surface area contributed by atoms with Crippen LogP contribution in [0.3, 0.4) is 0 Å². The number of nitrogens with one attached hydrogen (secondary N) is 1. The molecule has 19 heavy (non-hydrogen) atoms. The molecule has 1 unspecified atom stereocenters. The van der Waals surface area contributed by atoms with Crippen LogP contribution in [0.25, 0.3) is 0 Å². The van der Waals surface area contributed by atoms with Crippen molar-refractivity contribution in [1.29, 1.82) is 0 Å². The molecular formula is C17H30N2. The van der Waals surface area contributed by atoms with Gasteiger partial charge >= 0.3 is 0 Å². The third kappa shape index (κ3) is 2.25. The van der Waals surface area contributed by atoms with Gasteiger partial charge in [0.25, 0.3) is 0 Å². The van der Waals surface area contributed by atoms with Gasteiger partial charge in [0, 0.05) is 18.1 Å². The lowest BCUT2D eigenvalue weighted by atomic mass is 9.53. The van der Waals surface area contributed by atoms with Crippen LogP contribution in [0.15, 0.2) is 0 Å². The van der Waals surface area contributed by atoms with Gasteiger partial charge in [0.05, 0.1) is 0 Å². The summed E-state index contributed by atoms with van der Waals surface area (Å²) in [6, 6.07) is 2.67. The van der Waals surface area contributed by atoms with Crippen molar-refractivity contribution in [2.24, 2.45) is 5.41 Å². The molecule has 2 heteroatoms. The fraction of sp³-hybridized carbons (Fsp3) is 1.00. The van der Waals surface area contributed by atoms with Crippen molar-refractivity contribution in [3.63, 3.8) is 0 Å². The van der Waals surface area contributed by atoms with Gasteiger partial charge in [-0.15, -0.1) is 0 Å². The SMILES string of the molecule is C1CCC(N2CCC(NC3CCC34CCC4)CC2)C1. The minimum Gasteiger partial charge on any atom is -0.311 e. The molecule has 4 fully saturated rings. The number of rotatable bonds is 3. The molecule has 0 aromatic rings. The highest BCUT2D eigenvalue weighted by Gasteiger charge is 2.50. The molecule has 0 aromatic heterocycles. The molecule has 4 aliphatic rings. The molecule has 2 nitrogen and oxygen atoms in total. The van der Waals surface area contributed by atoms with Crippen LogP contribution >= 0.6 is 0 Å². The van der Waals surface area contributed by atoms with Crippen molar-refractivity contribution in [1.82, 2.24) is 10.2 Å². The highest BCUT2D eigenvalue weighted by atomic mass is 15.2. The highest BCUT2D eigenvalue weighted by molar-refractivity contribution is 5.06. The zero-order valence-corrected chi connectivity index (χ0v) is 12.4. The van der Waals surface area contributed by atoms with Gasteiger partial charge in [0.1, 0.15) is 0 Å². The van der Waals surface area contributed by atoms with Crippen LogP contribution in [0, 0.1) is 5.41 Å². The average Bonchev–Trinajstić information content (AvgIpc) is 2.87. The predicted octanol–water partition coefficient (Wildman–Crippen LogP) is 3.32. The topological polar surface area (TPSA) is 15.3 Å². The lowest BCUT2D eigenvalue weighted by Gasteiger charge is -2.57. The maximum atomic E-state index is 4.03. The van der Waals surface area contributed by atoms with E-state index in [2.05, 4.69) is 10.2 Å². The second kappa shape index (κ2) is 5.04. The van der Waals surface area contributed by atoms with Gasteiger partial charge in [-0.05, 0) is 69.9 Å². The summed E-state index contributed by atoms with van der Waals surface area (Å²) in [5, 5.41) is 4.03. The van der Waals surface area contributed by atoms with E-state index in [1.54, 1.807) is 0 Å². The van der Waals surface area contributed by atoms with Gasteiger partial charge in [-0.1, -0.05) is 19.3 Å². The molecule has 1 N–H and O–H groups in total. The summed E-state index contributed by atoms with van der Waals surface area (Å²) < 4.78 is 0. The molecule has 3 saturated carbocycles. The monoisotopic (exact) mass is 262 g/mol. The zero-order chi connectivity index (χ0) is 12.7. The number of likely N-dealkylation sites (tertiary alicyclic amines) is 1. The molecule has 1 saturated heterocycles. The van der Waals surface area contributed by atoms with Crippen LogP contribution in [0.1, 0.15) is 70.6 Å². The van der Waals surface area contributed by atoms with E-state index in [0.717, 1.165) is 23.5 Å². The third-order valence-corrected chi connectivity index (χ3v) is 6.83. The van der Waals surface area contributed by atoms with Crippen molar-refractivity contribution in [2.45, 2.75) is 88.8 Å². The fourth-order valence-electron chi connectivity index (χ4n) is 5.17. The molecule has 1 heterocycles. The Bertz CT molecular complexity index is 304. The van der Waals surface area contributed by atoms with Gasteiger partial charge in [-0.25, -0.2) is 0 Å². The quantitative estimate of drug-likeness (QED) is 0.839. The Balaban J connectivity index is 1.24. The first kappa shape index (κ1) is 12.6. The van der Waals surface area contributed by atoms with E-state index < -0.39 is 0 Å². The maximum Gasteiger partial charge on any atom is 0.0126 e. The molecular weight excluding hydrogens is 232 g/mol. The molecule has 4 rings (SSSR count). The van der Waals surface area contributed by atoms with Gasteiger partial charge in [-0.3, -0.25) is 0 Å². The van der Waals surface area contributed by atoms with Crippen LogP contribution in [0.4, 0.5) is 0 Å². The Morgan fingerprint density at radius 3 is 2.05 bits per heavy atom. The molecule has 1 atom stereocenters. The predicted molar refractivity (Wildman–Crippen MR) is 79.3 cm³/mol. The van der Waals surface area contributed by atoms with E-state index in [0.29, 0.717) is 0 Å². The summed E-state index contributed by atoms with van der Waals surface area (Å²) in [6.45, 7) is 2.73. The Labute approximate surface area is 118 Å². The van der Waals surface area contributed by atoms with E-state index >= 15 is 0 Å². The Morgan fingerprint density at radius 2 is 1.53 bits per heavy atom. The summed E-state index contributed by atoms with van der Waals surface area (Å²) >= 11 is 0. The molecule has 1 aliphatic heterocycles. The lowest BCUT2D eigenvalue weighted by Crippen LogP contribution is -2.60. The first-order valence-electron chi connectivity index (χ1n) is 8.86. The largest absolute Gasteiger partial charge is 0.311 e. The minimum atomic E-state index is 0.780. The number of hydrogen-bond donors (Lipinski definition) is 1. The van der Waals surface area contributed by atoms with Crippen LogP contribution in [-0.4, -0.2) is 36.1 Å². The van der Waals surface area contributed by atoms with E-state index in [9.17, 15) is 0 Å². The van der Waals surface area contributed by atoms with Gasteiger partial charge in [0.15, 0.2) is 0 Å². The summed E-state index contributed by atoms with van der Waals surface area (Å²) in [5.41, 5.74) is 0.780. The highest BCUT2D eigenvalue weighted by Crippen LogP contribution is 2.56. The second-order valence-electron chi connectivity index (χ2n) is 7.72. The fourth-order valence-corrected chi connectivity index (χ4v) is 5.17. The first-order valence-corrected chi connectivity index (χ1v) is 8.86. The maximum absolute atomic E-state index is 4.03. The Morgan fingerprint density at radius 1 is 0.789 bits per heavy atom. The minimum absolute atomic E-state index is 0.780. The van der Waals surface area contributed by atoms with Crippen molar-refractivity contribution in [3.05, 3.63) is 0 Å². The first-order chi connectivity index (χ1) is 9.36. The Kier molecular flexibility index (Phi) is 3.35. The van der Waals surface area contributed by atoms with E-state index in [1.807, 2.05) is 0 Å². The standard InChI is InChI=1S/C17H30N2/c1-2-5-15(4-1)19-12-7-14(8-13-19)18-16-6-11-17(16)9-3-10-17/h14-16,18H,1-13H2. The summed E-state index contributed by atoms with van der Waals surface area (Å²) in [4.78, 5) is 2.80. The third-order valence-electron chi connectivity index (χ3n) is 6.83. The molecule has 108 valence electrons. The lowest BCUT2D eigenvalue weighted by molar-refractivity contribution is -0.0272. The van der Waals surface area contributed by atoms with Crippen molar-refractivity contribution in [2.75, 3.05) is 13.1 Å². The smallest absolute Gasteiger partial charge is 0.0126 e. The van der Waals surface area contributed by atoms with Gasteiger partial charge in [-0.2, -0.15) is 0 Å². The summed E-state index contributed by atoms with van der Waals surface area (Å²) in [7, 11) is 0. The molecule has 0 bridgehead atoms. The van der Waals surface area contributed by atoms with Crippen LogP contribution in [0.5, 0.6) is 0 Å². The summed E-state index contributed by atoms with van der Waals surface area (Å²) in [6.07, 6.45) is 16.2. The molecule has 0 aromatic carbocycles. The molecule has 1 spiro atoms. The Hall–Kier alpha value is -0.0800. The van der Waals surface area contributed by atoms with Gasteiger partial charge in [0.2, 0.25) is 0 Å². The number of hydrogen-bond acceptors (Lipinski definition) is 2. The van der Waals surface area contributed by atoms with Crippen LogP contribution < -0.4 is 5.32 Å². The van der Waals surface area contributed by atoms with Crippen molar-refractivity contribution in [3.8, 4) is 0 Å². The van der Waals surface area contributed by atoms with Crippen LogP contribution in [0.2, 0.25) is 0 Å².